The molecule has 3 heteroatoms. The smallest absolute Gasteiger partial charge is 0.0990 e. The van der Waals surface area contributed by atoms with Crippen molar-refractivity contribution in [2.24, 2.45) is 0 Å². The topological polar surface area (TPSA) is 30.5 Å². The molecule has 0 amide bonds. The van der Waals surface area contributed by atoms with Crippen LogP contribution in [0.5, 0.6) is 0 Å². The zero-order valence-electron chi connectivity index (χ0n) is 13.8. The van der Waals surface area contributed by atoms with Crippen LogP contribution in [0.3, 0.4) is 0 Å². The summed E-state index contributed by atoms with van der Waals surface area (Å²) >= 11 is 0. The lowest BCUT2D eigenvalue weighted by Crippen LogP contribution is -2.60. The predicted molar refractivity (Wildman–Crippen MR) is 85.2 cm³/mol. The fourth-order valence-electron chi connectivity index (χ4n) is 2.80. The van der Waals surface area contributed by atoms with Crippen molar-refractivity contribution in [2.45, 2.75) is 90.4 Å². The van der Waals surface area contributed by atoms with Crippen molar-refractivity contribution in [3.05, 3.63) is 0 Å². The minimum atomic E-state index is 0.273. The van der Waals surface area contributed by atoms with Gasteiger partial charge in [-0.15, -0.1) is 0 Å². The van der Waals surface area contributed by atoms with E-state index in [0.29, 0.717) is 12.1 Å². The Balaban J connectivity index is 2.06. The fourth-order valence-corrected chi connectivity index (χ4v) is 2.80. The second-order valence-electron chi connectivity index (χ2n) is 5.91. The van der Waals surface area contributed by atoms with Gasteiger partial charge in [-0.2, -0.15) is 0 Å². The van der Waals surface area contributed by atoms with E-state index in [9.17, 15) is 0 Å². The van der Waals surface area contributed by atoms with Crippen LogP contribution in [-0.4, -0.2) is 38.0 Å². The Morgan fingerprint density at radius 2 is 1.60 bits per heavy atom. The summed E-state index contributed by atoms with van der Waals surface area (Å²) in [6.45, 7) is 9.34. The van der Waals surface area contributed by atoms with Crippen LogP contribution in [0.25, 0.3) is 0 Å². The van der Waals surface area contributed by atoms with Gasteiger partial charge >= 0.3 is 0 Å². The van der Waals surface area contributed by atoms with Crippen molar-refractivity contribution < 1.29 is 9.47 Å². The highest BCUT2D eigenvalue weighted by Crippen LogP contribution is 2.27. The van der Waals surface area contributed by atoms with Crippen molar-refractivity contribution >= 4 is 0 Å². The molecule has 20 heavy (non-hydrogen) atoms. The van der Waals surface area contributed by atoms with E-state index in [4.69, 9.17) is 9.47 Å². The Kier molecular flexibility index (Phi) is 10.3. The third-order valence-corrected chi connectivity index (χ3v) is 4.06. The molecule has 0 bridgehead atoms. The Labute approximate surface area is 125 Å². The quantitative estimate of drug-likeness (QED) is 0.520. The number of nitrogens with one attached hydrogen (secondary N) is 1. The Hall–Kier alpha value is -0.120. The summed E-state index contributed by atoms with van der Waals surface area (Å²) in [5.74, 6) is 0. The number of hydrogen-bond donors (Lipinski definition) is 1. The lowest BCUT2D eigenvalue weighted by atomic mass is 9.85. The molecule has 1 rings (SSSR count). The Morgan fingerprint density at radius 3 is 2.30 bits per heavy atom. The molecule has 3 nitrogen and oxygen atoms in total. The standard InChI is InChI=1S/C17H35NO2/c1-4-7-8-9-10-11-13-19-16-14-15(18-6-3)17(16)20-12-5-2/h15-18H,4-14H2,1-3H3. The minimum absolute atomic E-state index is 0.273. The van der Waals surface area contributed by atoms with E-state index in [-0.39, 0.29) is 6.10 Å². The first kappa shape index (κ1) is 17.9. The first-order valence-electron chi connectivity index (χ1n) is 8.80. The molecule has 0 aromatic rings. The van der Waals surface area contributed by atoms with Crippen molar-refractivity contribution in [2.75, 3.05) is 19.8 Å². The van der Waals surface area contributed by atoms with Gasteiger partial charge in [0.2, 0.25) is 0 Å². The Bertz CT molecular complexity index is 223. The number of rotatable bonds is 13. The van der Waals surface area contributed by atoms with E-state index < -0.39 is 0 Å². The highest BCUT2D eigenvalue weighted by Gasteiger charge is 2.42. The van der Waals surface area contributed by atoms with E-state index in [1.54, 1.807) is 0 Å². The first-order valence-corrected chi connectivity index (χ1v) is 8.80. The molecule has 0 aromatic carbocycles. The molecule has 0 heterocycles. The predicted octanol–water partition coefficient (Wildman–Crippen LogP) is 3.91. The molecule has 0 aliphatic heterocycles. The molecule has 0 radical (unpaired) electrons. The van der Waals surface area contributed by atoms with Crippen LogP contribution in [0.2, 0.25) is 0 Å². The van der Waals surface area contributed by atoms with Gasteiger partial charge in [0.25, 0.3) is 0 Å². The monoisotopic (exact) mass is 285 g/mol. The molecule has 1 fully saturated rings. The maximum absolute atomic E-state index is 6.01. The van der Waals surface area contributed by atoms with E-state index in [1.165, 1.54) is 38.5 Å². The van der Waals surface area contributed by atoms with Crippen LogP contribution in [0.1, 0.15) is 72.1 Å². The van der Waals surface area contributed by atoms with Gasteiger partial charge in [0.1, 0.15) is 0 Å². The lowest BCUT2D eigenvalue weighted by Gasteiger charge is -2.44. The summed E-state index contributed by atoms with van der Waals surface area (Å²) in [7, 11) is 0. The summed E-state index contributed by atoms with van der Waals surface area (Å²) in [5.41, 5.74) is 0. The van der Waals surface area contributed by atoms with Gasteiger partial charge in [0, 0.05) is 19.3 Å². The summed E-state index contributed by atoms with van der Waals surface area (Å²) < 4.78 is 11.9. The van der Waals surface area contributed by atoms with Crippen molar-refractivity contribution in [1.29, 1.82) is 0 Å². The fraction of sp³-hybridized carbons (Fsp3) is 1.00. The van der Waals surface area contributed by atoms with Crippen LogP contribution in [0, 0.1) is 0 Å². The van der Waals surface area contributed by atoms with E-state index >= 15 is 0 Å². The molecule has 0 aromatic heterocycles. The Morgan fingerprint density at radius 1 is 0.850 bits per heavy atom. The first-order chi connectivity index (χ1) is 9.83. The molecule has 1 aliphatic carbocycles. The molecule has 3 atom stereocenters. The molecule has 1 aliphatic rings. The number of unbranched alkanes of at least 4 members (excludes halogenated alkanes) is 5. The molecule has 3 unspecified atom stereocenters. The highest BCUT2D eigenvalue weighted by molar-refractivity contribution is 4.97. The maximum atomic E-state index is 6.01. The second-order valence-corrected chi connectivity index (χ2v) is 5.91. The van der Waals surface area contributed by atoms with Crippen LogP contribution in [-0.2, 0) is 9.47 Å². The van der Waals surface area contributed by atoms with Crippen molar-refractivity contribution in [3.63, 3.8) is 0 Å². The number of ether oxygens (including phenoxy) is 2. The van der Waals surface area contributed by atoms with Crippen LogP contribution in [0.4, 0.5) is 0 Å². The summed E-state index contributed by atoms with van der Waals surface area (Å²) in [4.78, 5) is 0. The summed E-state index contributed by atoms with van der Waals surface area (Å²) in [5, 5.41) is 3.49. The SMILES string of the molecule is CCCCCCCCOC1CC(NCC)C1OCCC. The summed E-state index contributed by atoms with van der Waals surface area (Å²) in [6.07, 6.45) is 10.7. The number of hydrogen-bond acceptors (Lipinski definition) is 3. The average molecular weight is 285 g/mol. The van der Waals surface area contributed by atoms with Crippen molar-refractivity contribution in [3.8, 4) is 0 Å². The normalized spacial score (nSPS) is 25.6. The lowest BCUT2D eigenvalue weighted by molar-refractivity contribution is -0.147. The van der Waals surface area contributed by atoms with Gasteiger partial charge in [-0.25, -0.2) is 0 Å². The van der Waals surface area contributed by atoms with Gasteiger partial charge in [-0.05, 0) is 25.8 Å². The third kappa shape index (κ3) is 6.55. The van der Waals surface area contributed by atoms with Crippen LogP contribution in [0.15, 0.2) is 0 Å². The van der Waals surface area contributed by atoms with Crippen LogP contribution < -0.4 is 5.32 Å². The molecular formula is C17H35NO2. The van der Waals surface area contributed by atoms with Gasteiger partial charge in [-0.3, -0.25) is 0 Å². The van der Waals surface area contributed by atoms with E-state index in [1.807, 2.05) is 0 Å². The molecule has 1 N–H and O–H groups in total. The van der Waals surface area contributed by atoms with Gasteiger partial charge in [0.15, 0.2) is 0 Å². The minimum Gasteiger partial charge on any atom is -0.375 e. The highest BCUT2D eigenvalue weighted by atomic mass is 16.5. The third-order valence-electron chi connectivity index (χ3n) is 4.06. The molecule has 1 saturated carbocycles. The summed E-state index contributed by atoms with van der Waals surface area (Å²) in [6, 6.07) is 0.501. The molecule has 120 valence electrons. The second kappa shape index (κ2) is 11.5. The van der Waals surface area contributed by atoms with Gasteiger partial charge in [-0.1, -0.05) is 52.9 Å². The maximum Gasteiger partial charge on any atom is 0.0990 e. The van der Waals surface area contributed by atoms with Crippen LogP contribution >= 0.6 is 0 Å². The van der Waals surface area contributed by atoms with E-state index in [2.05, 4.69) is 26.1 Å². The van der Waals surface area contributed by atoms with Crippen molar-refractivity contribution in [1.82, 2.24) is 5.32 Å². The van der Waals surface area contributed by atoms with Gasteiger partial charge < -0.3 is 14.8 Å². The molecular weight excluding hydrogens is 250 g/mol. The van der Waals surface area contributed by atoms with E-state index in [0.717, 1.165) is 32.6 Å². The average Bonchev–Trinajstić information content (AvgIpc) is 2.44. The molecule has 0 spiro atoms. The zero-order valence-corrected chi connectivity index (χ0v) is 13.8. The van der Waals surface area contributed by atoms with Gasteiger partial charge in [0.05, 0.1) is 12.2 Å². The zero-order chi connectivity index (χ0) is 14.6. The number of likely N-dealkylation sites (N-methyl/N-ethyl adjacent to an activating group) is 1. The largest absolute Gasteiger partial charge is 0.375 e. The molecule has 0 saturated heterocycles.